The first-order valence-corrected chi connectivity index (χ1v) is 12.6. The molecule has 4 rings (SSSR count). The summed E-state index contributed by atoms with van der Waals surface area (Å²) < 4.78 is 0.730. The molecule has 0 spiro atoms. The Morgan fingerprint density at radius 1 is 1.15 bits per heavy atom. The SMILES string of the molecule is Nc1nc(NCC[As]c2ncc(-c3cnc[nH]3)c(-c3ccc(Cl)cc3Cl)n2)ccc1[N+](=O)[O-]. The molecule has 0 aliphatic carbocycles. The summed E-state index contributed by atoms with van der Waals surface area (Å²) in [6.07, 6.45) is 5.05. The maximum absolute atomic E-state index is 10.9. The molecule has 0 bridgehead atoms. The standard InChI is InChI=1S/C20H16AsCl2N8O2/c22-11-1-2-12(14(23)7-11)18-13(15-9-25-10-28-15)8-27-20(30-18)21-5-6-26-17-4-3-16(31(32)33)19(24)29-17/h1-4,7-10H,5-6H2,(H,25,28)(H3,24,26,29). The van der Waals surface area contributed by atoms with Gasteiger partial charge in [0.05, 0.1) is 0 Å². The summed E-state index contributed by atoms with van der Waals surface area (Å²) in [4.78, 5) is 30.8. The number of aromatic nitrogens is 5. The maximum atomic E-state index is 10.9. The molecule has 1 aromatic carbocycles. The number of hydrogen-bond acceptors (Lipinski definition) is 8. The quantitative estimate of drug-likeness (QED) is 0.132. The fourth-order valence-electron chi connectivity index (χ4n) is 3.00. The summed E-state index contributed by atoms with van der Waals surface area (Å²) in [5, 5.41) is 15.8. The number of halogens is 2. The molecule has 3 aromatic heterocycles. The average molecular weight is 546 g/mol. The predicted molar refractivity (Wildman–Crippen MR) is 129 cm³/mol. The fraction of sp³-hybridized carbons (Fsp3) is 0.100. The number of anilines is 2. The van der Waals surface area contributed by atoms with Gasteiger partial charge >= 0.3 is 205 Å². The molecule has 0 saturated carbocycles. The molecule has 0 aliphatic rings. The molecule has 4 N–H and O–H groups in total. The van der Waals surface area contributed by atoms with Gasteiger partial charge in [0, 0.05) is 0 Å². The van der Waals surface area contributed by atoms with E-state index >= 15 is 0 Å². The molecule has 4 aromatic rings. The fourth-order valence-corrected chi connectivity index (χ4v) is 5.03. The van der Waals surface area contributed by atoms with Crippen LogP contribution in [0.15, 0.2) is 49.1 Å². The van der Waals surface area contributed by atoms with Gasteiger partial charge < -0.3 is 0 Å². The molecule has 0 saturated heterocycles. The van der Waals surface area contributed by atoms with Crippen LogP contribution in [0.1, 0.15) is 0 Å². The summed E-state index contributed by atoms with van der Waals surface area (Å²) in [5.74, 6) is 0.351. The van der Waals surface area contributed by atoms with Crippen molar-refractivity contribution in [2.75, 3.05) is 17.6 Å². The summed E-state index contributed by atoms with van der Waals surface area (Å²) in [7, 11) is 0. The third kappa shape index (κ3) is 5.42. The van der Waals surface area contributed by atoms with Crippen molar-refractivity contribution < 1.29 is 4.92 Å². The monoisotopic (exact) mass is 545 g/mol. The molecule has 3 heterocycles. The first-order chi connectivity index (χ1) is 15.9. The molecule has 0 amide bonds. The van der Waals surface area contributed by atoms with E-state index in [4.69, 9.17) is 33.9 Å². The van der Waals surface area contributed by atoms with Gasteiger partial charge in [-0.05, 0) is 0 Å². The third-order valence-corrected chi connectivity index (χ3v) is 7.05. The number of nitrogens with one attached hydrogen (secondary N) is 2. The second-order valence-corrected chi connectivity index (χ2v) is 9.97. The van der Waals surface area contributed by atoms with Gasteiger partial charge in [0.25, 0.3) is 0 Å². The normalized spacial score (nSPS) is 11.2. The van der Waals surface area contributed by atoms with Crippen LogP contribution in [0.25, 0.3) is 22.5 Å². The van der Waals surface area contributed by atoms with Gasteiger partial charge in [0.2, 0.25) is 0 Å². The first kappa shape index (κ1) is 23.0. The Hall–Kier alpha value is -3.20. The topological polar surface area (TPSA) is 149 Å². The number of pyridine rings is 1. The van der Waals surface area contributed by atoms with Gasteiger partial charge in [0.15, 0.2) is 0 Å². The van der Waals surface area contributed by atoms with E-state index in [1.54, 1.807) is 30.9 Å². The zero-order valence-electron chi connectivity index (χ0n) is 16.9. The van der Waals surface area contributed by atoms with Crippen LogP contribution in [-0.2, 0) is 0 Å². The molecule has 0 fully saturated rings. The molecule has 0 atom stereocenters. The van der Waals surface area contributed by atoms with Crippen molar-refractivity contribution in [3.05, 3.63) is 69.2 Å². The number of benzene rings is 1. The molecular formula is C20H16AsCl2N8O2. The minimum atomic E-state index is -0.564. The Labute approximate surface area is 204 Å². The van der Waals surface area contributed by atoms with Crippen molar-refractivity contribution in [2.24, 2.45) is 0 Å². The number of H-pyrrole nitrogens is 1. The van der Waals surface area contributed by atoms with E-state index < -0.39 is 4.92 Å². The summed E-state index contributed by atoms with van der Waals surface area (Å²) in [6.45, 7) is 0.590. The number of nitrogen functional groups attached to an aromatic ring is 1. The molecule has 1 radical (unpaired) electrons. The first-order valence-electron chi connectivity index (χ1n) is 9.56. The predicted octanol–water partition coefficient (Wildman–Crippen LogP) is 3.59. The number of aromatic amines is 1. The van der Waals surface area contributed by atoms with Crippen LogP contribution in [0, 0.1) is 10.1 Å². The van der Waals surface area contributed by atoms with Gasteiger partial charge in [-0.15, -0.1) is 0 Å². The number of nitrogens with two attached hydrogens (primary N) is 1. The van der Waals surface area contributed by atoms with E-state index in [1.165, 1.54) is 12.1 Å². The van der Waals surface area contributed by atoms with Crippen LogP contribution < -0.4 is 15.7 Å². The summed E-state index contributed by atoms with van der Waals surface area (Å²) >= 11 is 12.1. The van der Waals surface area contributed by atoms with Crippen LogP contribution in [0.5, 0.6) is 0 Å². The van der Waals surface area contributed by atoms with Crippen LogP contribution in [0.4, 0.5) is 17.3 Å². The van der Waals surface area contributed by atoms with Crippen molar-refractivity contribution in [1.82, 2.24) is 24.9 Å². The molecule has 13 heteroatoms. The number of nitro groups is 1. The summed E-state index contributed by atoms with van der Waals surface area (Å²) in [5.41, 5.74) is 8.42. The second kappa shape index (κ2) is 10.2. The Bertz CT molecular complexity index is 1300. The molecular weight excluding hydrogens is 530 g/mol. The number of hydrogen-bond donors (Lipinski definition) is 3. The second-order valence-electron chi connectivity index (χ2n) is 6.69. The molecule has 0 aliphatic heterocycles. The van der Waals surface area contributed by atoms with E-state index in [2.05, 4.69) is 25.3 Å². The number of nitrogens with zero attached hydrogens (tertiary/aromatic N) is 5. The zero-order chi connectivity index (χ0) is 23.4. The number of imidazole rings is 1. The number of rotatable bonds is 8. The molecule has 0 unspecified atom stereocenters. The van der Waals surface area contributed by atoms with Gasteiger partial charge in [-0.2, -0.15) is 0 Å². The van der Waals surface area contributed by atoms with Crippen LogP contribution in [0.2, 0.25) is 15.3 Å². The van der Waals surface area contributed by atoms with Crippen molar-refractivity contribution in [2.45, 2.75) is 5.21 Å². The van der Waals surface area contributed by atoms with Gasteiger partial charge in [-0.25, -0.2) is 0 Å². The molecule has 167 valence electrons. The van der Waals surface area contributed by atoms with Crippen molar-refractivity contribution in [1.29, 1.82) is 0 Å². The van der Waals surface area contributed by atoms with Crippen molar-refractivity contribution in [3.63, 3.8) is 0 Å². The van der Waals surface area contributed by atoms with E-state index in [9.17, 15) is 10.1 Å². The van der Waals surface area contributed by atoms with E-state index in [1.807, 2.05) is 6.07 Å². The Balaban J connectivity index is 1.49. The van der Waals surface area contributed by atoms with E-state index in [0.29, 0.717) is 28.1 Å². The van der Waals surface area contributed by atoms with Crippen molar-refractivity contribution >= 4 is 60.9 Å². The van der Waals surface area contributed by atoms with Gasteiger partial charge in [0.1, 0.15) is 0 Å². The molecule has 33 heavy (non-hydrogen) atoms. The van der Waals surface area contributed by atoms with Crippen LogP contribution in [0.3, 0.4) is 0 Å². The van der Waals surface area contributed by atoms with Gasteiger partial charge in [-0.3, -0.25) is 0 Å². The van der Waals surface area contributed by atoms with Crippen LogP contribution >= 0.6 is 23.2 Å². The Morgan fingerprint density at radius 3 is 2.70 bits per heavy atom. The Kier molecular flexibility index (Phi) is 7.07. The average Bonchev–Trinajstić information content (AvgIpc) is 3.31. The minimum absolute atomic E-state index is 0.125. The zero-order valence-corrected chi connectivity index (χ0v) is 20.3. The van der Waals surface area contributed by atoms with E-state index in [0.717, 1.165) is 26.6 Å². The Morgan fingerprint density at radius 2 is 2.00 bits per heavy atom. The van der Waals surface area contributed by atoms with Gasteiger partial charge in [-0.1, -0.05) is 0 Å². The summed E-state index contributed by atoms with van der Waals surface area (Å²) in [6, 6.07) is 8.14. The van der Waals surface area contributed by atoms with Crippen molar-refractivity contribution in [3.8, 4) is 22.5 Å². The molecule has 10 nitrogen and oxygen atoms in total. The third-order valence-electron chi connectivity index (χ3n) is 4.52. The van der Waals surface area contributed by atoms with Crippen LogP contribution in [-0.4, -0.2) is 52.1 Å². The van der Waals surface area contributed by atoms with E-state index in [-0.39, 0.29) is 27.3 Å².